The molecule has 0 aromatic heterocycles. The molecule has 1 atom stereocenters. The van der Waals surface area contributed by atoms with Crippen LogP contribution in [0.5, 0.6) is 0 Å². The first-order valence-electron chi connectivity index (χ1n) is 3.13. The maximum absolute atomic E-state index is 5.09. The fraction of sp³-hybridized carbons (Fsp3) is 0.250. The molecule has 0 amide bonds. The van der Waals surface area contributed by atoms with E-state index in [1.54, 1.807) is 0 Å². The Balaban J connectivity index is 2.29. The van der Waals surface area contributed by atoms with Gasteiger partial charge in [-0.3, -0.25) is 0 Å². The molecule has 1 aliphatic heterocycles. The predicted octanol–water partition coefficient (Wildman–Crippen LogP) is 1.76. The summed E-state index contributed by atoms with van der Waals surface area (Å²) in [5.74, 6) is 0. The number of rotatable bonds is 1. The largest absolute Gasteiger partial charge is 0.368 e. The Labute approximate surface area is 54.3 Å². The molecule has 1 unspecified atom stereocenters. The molecular weight excluding hydrogens is 118 g/mol. The third-order valence-electron chi connectivity index (χ3n) is 1.50. The molecule has 0 radical (unpaired) electrons. The molecule has 1 nitrogen and oxygen atoms in total. The minimum absolute atomic E-state index is 0.409. The van der Waals surface area contributed by atoms with Crippen molar-refractivity contribution in [1.29, 1.82) is 0 Å². The second-order valence-corrected chi connectivity index (χ2v) is 2.23. The molecule has 1 aromatic rings. The number of hydrogen-bond donors (Lipinski definition) is 0. The van der Waals surface area contributed by atoms with E-state index in [9.17, 15) is 0 Å². The quantitative estimate of drug-likeness (QED) is 0.522. The molecule has 46 valence electrons. The van der Waals surface area contributed by atoms with Gasteiger partial charge in [0.2, 0.25) is 0 Å². The van der Waals surface area contributed by atoms with E-state index in [0.29, 0.717) is 6.10 Å². The SMILES string of the molecule is C1OC1[13c]1[13cH][13cH][13cH][13cH][13cH]1. The lowest BCUT2D eigenvalue weighted by molar-refractivity contribution is 0.415. The van der Waals surface area contributed by atoms with Crippen molar-refractivity contribution < 1.29 is 4.74 Å². The third kappa shape index (κ3) is 0.958. The van der Waals surface area contributed by atoms with E-state index in [2.05, 4.69) is 12.1 Å². The standard InChI is InChI=1S/C8H8O/c1-2-4-7(5-3-1)8-6-9-8/h1-5,8H,6H2/i1+1,2+1,3+1,4+1,5+1,7+1. The lowest BCUT2D eigenvalue weighted by atomic mass is 10.7. The topological polar surface area (TPSA) is 12.5 Å². The zero-order valence-corrected chi connectivity index (χ0v) is 5.08. The van der Waals surface area contributed by atoms with Gasteiger partial charge in [-0.1, -0.05) is 30.3 Å². The highest BCUT2D eigenvalue weighted by atomic mass is 16.6. The molecule has 1 heterocycles. The van der Waals surface area contributed by atoms with Gasteiger partial charge in [0.05, 0.1) is 6.61 Å². The molecule has 9 heavy (non-hydrogen) atoms. The predicted molar refractivity (Wildman–Crippen MR) is 35.1 cm³/mol. The summed E-state index contributed by atoms with van der Waals surface area (Å²) in [7, 11) is 0. The van der Waals surface area contributed by atoms with Crippen LogP contribution in [0.3, 0.4) is 0 Å². The van der Waals surface area contributed by atoms with Crippen LogP contribution in [0.1, 0.15) is 11.7 Å². The minimum Gasteiger partial charge on any atom is -0.368 e. The zero-order valence-electron chi connectivity index (χ0n) is 5.08. The second-order valence-electron chi connectivity index (χ2n) is 2.23. The Morgan fingerprint density at radius 1 is 1.22 bits per heavy atom. The fourth-order valence-corrected chi connectivity index (χ4v) is 0.908. The maximum atomic E-state index is 5.09. The summed E-state index contributed by atoms with van der Waals surface area (Å²) in [6.07, 6.45) is 0.409. The lowest BCUT2D eigenvalue weighted by Crippen LogP contribution is -1.75. The van der Waals surface area contributed by atoms with Gasteiger partial charge in [-0.05, 0) is 5.56 Å². The lowest BCUT2D eigenvalue weighted by Gasteiger charge is -1.89. The number of epoxide rings is 1. The van der Waals surface area contributed by atoms with Gasteiger partial charge < -0.3 is 4.74 Å². The van der Waals surface area contributed by atoms with Gasteiger partial charge in [-0.2, -0.15) is 0 Å². The summed E-state index contributed by atoms with van der Waals surface area (Å²) in [6, 6.07) is 10.3. The molecule has 1 heteroatoms. The summed E-state index contributed by atoms with van der Waals surface area (Å²) < 4.78 is 5.09. The molecule has 0 N–H and O–H groups in total. The average molecular weight is 126 g/mol. The van der Waals surface area contributed by atoms with Crippen LogP contribution in [0.4, 0.5) is 0 Å². The van der Waals surface area contributed by atoms with Gasteiger partial charge in [0.25, 0.3) is 0 Å². The van der Waals surface area contributed by atoms with Crippen molar-refractivity contribution in [3.63, 3.8) is 0 Å². The Bertz CT molecular complexity index is 189. The van der Waals surface area contributed by atoms with E-state index in [1.807, 2.05) is 18.2 Å². The van der Waals surface area contributed by atoms with E-state index in [4.69, 9.17) is 4.74 Å². The van der Waals surface area contributed by atoms with Gasteiger partial charge >= 0.3 is 0 Å². The van der Waals surface area contributed by atoms with Crippen molar-refractivity contribution in [1.82, 2.24) is 0 Å². The molecule has 0 bridgehead atoms. The van der Waals surface area contributed by atoms with Crippen molar-refractivity contribution in [2.75, 3.05) is 6.61 Å². The van der Waals surface area contributed by atoms with Crippen molar-refractivity contribution in [3.05, 3.63) is 35.9 Å². The normalized spacial score (nSPS) is 23.8. The summed E-state index contributed by atoms with van der Waals surface area (Å²) in [5, 5.41) is 0. The number of ether oxygens (including phenoxy) is 1. The molecule has 0 aliphatic carbocycles. The molecule has 2 rings (SSSR count). The summed E-state index contributed by atoms with van der Waals surface area (Å²) in [4.78, 5) is 0. The van der Waals surface area contributed by atoms with E-state index in [-0.39, 0.29) is 0 Å². The Hall–Kier alpha value is -0.820. The van der Waals surface area contributed by atoms with E-state index in [0.717, 1.165) is 6.61 Å². The van der Waals surface area contributed by atoms with Crippen LogP contribution in [0.15, 0.2) is 30.3 Å². The van der Waals surface area contributed by atoms with Crippen LogP contribution in [0.2, 0.25) is 0 Å². The van der Waals surface area contributed by atoms with E-state index < -0.39 is 0 Å². The summed E-state index contributed by atoms with van der Waals surface area (Å²) in [6.45, 7) is 0.907. The Morgan fingerprint density at radius 3 is 2.44 bits per heavy atom. The highest BCUT2D eigenvalue weighted by Crippen LogP contribution is 2.28. The second kappa shape index (κ2) is 1.85. The van der Waals surface area contributed by atoms with Crippen molar-refractivity contribution in [2.24, 2.45) is 0 Å². The van der Waals surface area contributed by atoms with Crippen LogP contribution >= 0.6 is 0 Å². The van der Waals surface area contributed by atoms with Crippen molar-refractivity contribution in [2.45, 2.75) is 6.10 Å². The molecule has 0 saturated carbocycles. The van der Waals surface area contributed by atoms with Crippen molar-refractivity contribution in [3.8, 4) is 0 Å². The van der Waals surface area contributed by atoms with Gasteiger partial charge in [0.15, 0.2) is 0 Å². The van der Waals surface area contributed by atoms with Crippen LogP contribution in [0.25, 0.3) is 0 Å². The van der Waals surface area contributed by atoms with Gasteiger partial charge in [0, 0.05) is 0 Å². The van der Waals surface area contributed by atoms with E-state index in [1.165, 1.54) is 5.56 Å². The van der Waals surface area contributed by atoms with Gasteiger partial charge in [-0.15, -0.1) is 0 Å². The maximum Gasteiger partial charge on any atom is 0.106 e. The summed E-state index contributed by atoms with van der Waals surface area (Å²) >= 11 is 0. The fourth-order valence-electron chi connectivity index (χ4n) is 0.908. The first-order valence-corrected chi connectivity index (χ1v) is 3.13. The molecule has 1 fully saturated rings. The van der Waals surface area contributed by atoms with Crippen molar-refractivity contribution >= 4 is 0 Å². The van der Waals surface area contributed by atoms with Crippen LogP contribution in [-0.4, -0.2) is 6.61 Å². The average Bonchev–Trinajstić information content (AvgIpc) is 2.71. The van der Waals surface area contributed by atoms with Crippen LogP contribution < -0.4 is 0 Å². The molecule has 1 saturated heterocycles. The third-order valence-corrected chi connectivity index (χ3v) is 1.50. The Kier molecular flexibility index (Phi) is 1.03. The number of hydrogen-bond acceptors (Lipinski definition) is 1. The number of benzene rings is 1. The monoisotopic (exact) mass is 126 g/mol. The minimum atomic E-state index is 0.409. The molecular formula is C8H8O. The molecule has 0 spiro atoms. The molecule has 1 aliphatic rings. The van der Waals surface area contributed by atoms with Gasteiger partial charge in [-0.25, -0.2) is 0 Å². The Morgan fingerprint density at radius 2 is 1.89 bits per heavy atom. The van der Waals surface area contributed by atoms with E-state index >= 15 is 0 Å². The first-order chi connectivity index (χ1) is 4.47. The van der Waals surface area contributed by atoms with Crippen LogP contribution in [-0.2, 0) is 4.74 Å². The molecule has 1 aromatic carbocycles. The van der Waals surface area contributed by atoms with Crippen LogP contribution in [0, 0.1) is 0 Å². The summed E-state index contributed by atoms with van der Waals surface area (Å²) in [5.41, 5.74) is 1.30. The first kappa shape index (κ1) is 5.00. The smallest absolute Gasteiger partial charge is 0.106 e. The highest BCUT2D eigenvalue weighted by Gasteiger charge is 2.23. The zero-order chi connectivity index (χ0) is 6.10. The highest BCUT2D eigenvalue weighted by molar-refractivity contribution is 5.19. The van der Waals surface area contributed by atoms with Gasteiger partial charge in [0.1, 0.15) is 6.10 Å².